The number of hydrogen-bond acceptors (Lipinski definition) is 4. The molecule has 1 atom stereocenters. The third-order valence-electron chi connectivity index (χ3n) is 5.73. The summed E-state index contributed by atoms with van der Waals surface area (Å²) in [6.07, 6.45) is 1.35. The van der Waals surface area contributed by atoms with Gasteiger partial charge < -0.3 is 10.2 Å². The molecule has 1 N–H and O–H groups in total. The van der Waals surface area contributed by atoms with Crippen molar-refractivity contribution in [1.82, 2.24) is 10.2 Å². The minimum Gasteiger partial charge on any atom is -0.357 e. The monoisotopic (exact) mass is 571 g/mol. The molecule has 0 radical (unpaired) electrons. The van der Waals surface area contributed by atoms with Gasteiger partial charge in [0.2, 0.25) is 21.8 Å². The summed E-state index contributed by atoms with van der Waals surface area (Å²) >= 11 is 3.46. The van der Waals surface area contributed by atoms with E-state index in [1.807, 2.05) is 67.6 Å². The highest BCUT2D eigenvalue weighted by atomic mass is 79.9. The van der Waals surface area contributed by atoms with Crippen molar-refractivity contribution < 1.29 is 18.0 Å². The molecule has 7 nitrogen and oxygen atoms in total. The number of benzene rings is 3. The van der Waals surface area contributed by atoms with Gasteiger partial charge in [-0.1, -0.05) is 70.5 Å². The van der Waals surface area contributed by atoms with Crippen molar-refractivity contribution in [1.29, 1.82) is 0 Å². The molecule has 3 aromatic rings. The van der Waals surface area contributed by atoms with E-state index in [0.717, 1.165) is 31.7 Å². The largest absolute Gasteiger partial charge is 0.357 e. The van der Waals surface area contributed by atoms with Crippen molar-refractivity contribution in [3.63, 3.8) is 0 Å². The van der Waals surface area contributed by atoms with Crippen LogP contribution in [0.1, 0.15) is 16.7 Å². The number of amides is 2. The summed E-state index contributed by atoms with van der Waals surface area (Å²) in [5, 5.41) is 2.67. The van der Waals surface area contributed by atoms with Crippen LogP contribution < -0.4 is 9.62 Å². The van der Waals surface area contributed by atoms with Gasteiger partial charge in [0.15, 0.2) is 0 Å². The Morgan fingerprint density at radius 3 is 2.22 bits per heavy atom. The summed E-state index contributed by atoms with van der Waals surface area (Å²) in [6.45, 7) is 1.56. The van der Waals surface area contributed by atoms with Gasteiger partial charge >= 0.3 is 0 Å². The molecule has 36 heavy (non-hydrogen) atoms. The number of halogens is 1. The van der Waals surface area contributed by atoms with Crippen molar-refractivity contribution in [3.05, 3.63) is 100 Å². The van der Waals surface area contributed by atoms with E-state index in [0.29, 0.717) is 5.69 Å². The van der Waals surface area contributed by atoms with E-state index >= 15 is 0 Å². The SMILES string of the molecule is CNC(=O)C(Cc1ccccc1)N(Cc1cccc(Br)c1)C(=O)CN(c1cccc(C)c1)S(C)(=O)=O. The molecular formula is C27H30BrN3O4S. The summed E-state index contributed by atoms with van der Waals surface area (Å²) in [7, 11) is -2.25. The predicted octanol–water partition coefficient (Wildman–Crippen LogP) is 3.91. The van der Waals surface area contributed by atoms with Gasteiger partial charge in [0, 0.05) is 24.5 Å². The number of rotatable bonds is 10. The number of aryl methyl sites for hydroxylation is 1. The highest BCUT2D eigenvalue weighted by Crippen LogP contribution is 2.22. The lowest BCUT2D eigenvalue weighted by molar-refractivity contribution is -0.139. The van der Waals surface area contributed by atoms with Crippen molar-refractivity contribution in [2.75, 3.05) is 24.2 Å². The quantitative estimate of drug-likeness (QED) is 0.399. The summed E-state index contributed by atoms with van der Waals surface area (Å²) in [5.41, 5.74) is 2.96. The van der Waals surface area contributed by atoms with E-state index in [-0.39, 0.29) is 18.9 Å². The Morgan fingerprint density at radius 2 is 1.61 bits per heavy atom. The van der Waals surface area contributed by atoms with Crippen molar-refractivity contribution >= 4 is 43.5 Å². The maximum Gasteiger partial charge on any atom is 0.244 e. The molecule has 0 aromatic heterocycles. The van der Waals surface area contributed by atoms with Gasteiger partial charge in [0.1, 0.15) is 12.6 Å². The summed E-state index contributed by atoms with van der Waals surface area (Å²) < 4.78 is 27.4. The average Bonchev–Trinajstić information content (AvgIpc) is 2.84. The van der Waals surface area contributed by atoms with Crippen LogP contribution in [0.3, 0.4) is 0 Å². The maximum absolute atomic E-state index is 13.8. The molecule has 0 spiro atoms. The van der Waals surface area contributed by atoms with E-state index < -0.39 is 28.5 Å². The van der Waals surface area contributed by atoms with Crippen LogP contribution >= 0.6 is 15.9 Å². The molecule has 0 aliphatic heterocycles. The molecule has 2 amide bonds. The number of hydrogen-bond donors (Lipinski definition) is 1. The molecular weight excluding hydrogens is 542 g/mol. The summed E-state index contributed by atoms with van der Waals surface area (Å²) in [4.78, 5) is 28.4. The minimum absolute atomic E-state index is 0.134. The van der Waals surface area contributed by atoms with Gasteiger partial charge in [0.05, 0.1) is 11.9 Å². The molecule has 0 aliphatic rings. The second-order valence-corrected chi connectivity index (χ2v) is 11.4. The van der Waals surface area contributed by atoms with Crippen molar-refractivity contribution in [3.8, 4) is 0 Å². The first-order chi connectivity index (χ1) is 17.1. The lowest BCUT2D eigenvalue weighted by Gasteiger charge is -2.33. The first-order valence-electron chi connectivity index (χ1n) is 11.4. The number of sulfonamides is 1. The fraction of sp³-hybridized carbons (Fsp3) is 0.259. The number of nitrogens with zero attached hydrogens (tertiary/aromatic N) is 2. The third-order valence-corrected chi connectivity index (χ3v) is 7.36. The minimum atomic E-state index is -3.78. The smallest absolute Gasteiger partial charge is 0.244 e. The van der Waals surface area contributed by atoms with Crippen LogP contribution in [0.25, 0.3) is 0 Å². The van der Waals surface area contributed by atoms with Crippen LogP contribution in [0.5, 0.6) is 0 Å². The second-order valence-electron chi connectivity index (χ2n) is 8.58. The standard InChI is InChI=1S/C27H30BrN3O4S/c1-20-9-7-14-24(15-20)31(36(3,34)35)19-26(32)30(18-22-12-8-13-23(28)16-22)25(27(33)29-2)17-21-10-5-4-6-11-21/h4-16,25H,17-19H2,1-3H3,(H,29,33). The van der Waals surface area contributed by atoms with E-state index in [9.17, 15) is 18.0 Å². The Hall–Kier alpha value is -3.17. The highest BCUT2D eigenvalue weighted by molar-refractivity contribution is 9.10. The first-order valence-corrected chi connectivity index (χ1v) is 14.1. The molecule has 190 valence electrons. The molecule has 0 aliphatic carbocycles. The summed E-state index contributed by atoms with van der Waals surface area (Å²) in [5.74, 6) is -0.810. The number of carbonyl (C=O) groups excluding carboxylic acids is 2. The maximum atomic E-state index is 13.8. The van der Waals surface area contributed by atoms with Crippen LogP contribution in [-0.4, -0.2) is 51.0 Å². The number of nitrogens with one attached hydrogen (secondary N) is 1. The van der Waals surface area contributed by atoms with Gasteiger partial charge in [0.25, 0.3) is 0 Å². The average molecular weight is 573 g/mol. The molecule has 3 rings (SSSR count). The fourth-order valence-corrected chi connectivity index (χ4v) is 5.24. The van der Waals surface area contributed by atoms with Crippen LogP contribution in [0.4, 0.5) is 5.69 Å². The Balaban J connectivity index is 2.03. The molecule has 9 heteroatoms. The zero-order chi connectivity index (χ0) is 26.3. The Labute approximate surface area is 221 Å². The van der Waals surface area contributed by atoms with Gasteiger partial charge in [-0.05, 0) is 47.9 Å². The third kappa shape index (κ3) is 7.41. The van der Waals surface area contributed by atoms with Gasteiger partial charge in [-0.25, -0.2) is 8.42 Å². The molecule has 0 bridgehead atoms. The Morgan fingerprint density at radius 1 is 0.944 bits per heavy atom. The molecule has 1 unspecified atom stereocenters. The number of likely N-dealkylation sites (N-methyl/N-ethyl adjacent to an activating group) is 1. The highest BCUT2D eigenvalue weighted by Gasteiger charge is 2.32. The van der Waals surface area contributed by atoms with Gasteiger partial charge in [-0.2, -0.15) is 0 Å². The molecule has 0 heterocycles. The number of carbonyl (C=O) groups is 2. The van der Waals surface area contributed by atoms with Crippen molar-refractivity contribution in [2.45, 2.75) is 25.9 Å². The fourth-order valence-electron chi connectivity index (χ4n) is 3.95. The van der Waals surface area contributed by atoms with Crippen LogP contribution in [0, 0.1) is 6.92 Å². The van der Waals surface area contributed by atoms with E-state index in [2.05, 4.69) is 21.2 Å². The summed E-state index contributed by atoms with van der Waals surface area (Å²) in [6, 6.07) is 23.0. The van der Waals surface area contributed by atoms with Crippen LogP contribution in [-0.2, 0) is 32.6 Å². The second kappa shape index (κ2) is 12.2. The van der Waals surface area contributed by atoms with Crippen LogP contribution in [0.2, 0.25) is 0 Å². The molecule has 0 fully saturated rings. The Kier molecular flexibility index (Phi) is 9.28. The molecule has 0 saturated heterocycles. The van der Waals surface area contributed by atoms with E-state index in [4.69, 9.17) is 0 Å². The Bertz CT molecular complexity index is 1320. The lowest BCUT2D eigenvalue weighted by atomic mass is 10.0. The van der Waals surface area contributed by atoms with Gasteiger partial charge in [-0.15, -0.1) is 0 Å². The zero-order valence-electron chi connectivity index (χ0n) is 20.5. The molecule has 3 aromatic carbocycles. The predicted molar refractivity (Wildman–Crippen MR) is 146 cm³/mol. The van der Waals surface area contributed by atoms with Crippen LogP contribution in [0.15, 0.2) is 83.3 Å². The van der Waals surface area contributed by atoms with E-state index in [1.54, 1.807) is 18.2 Å². The normalized spacial score (nSPS) is 12.0. The van der Waals surface area contributed by atoms with E-state index in [1.165, 1.54) is 11.9 Å². The van der Waals surface area contributed by atoms with Gasteiger partial charge in [-0.3, -0.25) is 13.9 Å². The molecule has 0 saturated carbocycles. The zero-order valence-corrected chi connectivity index (χ0v) is 22.9. The number of anilines is 1. The lowest BCUT2D eigenvalue weighted by Crippen LogP contribution is -2.52. The van der Waals surface area contributed by atoms with Crippen molar-refractivity contribution in [2.24, 2.45) is 0 Å². The first kappa shape index (κ1) is 27.4. The topological polar surface area (TPSA) is 86.8 Å².